The number of thiazole rings is 1. The van der Waals surface area contributed by atoms with E-state index in [0.29, 0.717) is 11.3 Å². The molecule has 2 heterocycles. The second-order valence-electron chi connectivity index (χ2n) is 2.47. The summed E-state index contributed by atoms with van der Waals surface area (Å²) in [5, 5.41) is 2.24. The van der Waals surface area contributed by atoms with Gasteiger partial charge in [0, 0.05) is 6.20 Å². The molecule has 0 bridgehead atoms. The number of nitrogens with zero attached hydrogens (tertiary/aromatic N) is 2. The molecule has 0 saturated heterocycles. The first-order valence-corrected chi connectivity index (χ1v) is 4.38. The average Bonchev–Trinajstić information content (AvgIpc) is 2.69. The van der Waals surface area contributed by atoms with E-state index in [1.165, 1.54) is 0 Å². The maximum atomic E-state index is 12.2. The van der Waals surface area contributed by atoms with Crippen LogP contribution in [0.2, 0.25) is 0 Å². The predicted octanol–water partition coefficient (Wildman–Crippen LogP) is 1.51. The zero-order valence-corrected chi connectivity index (χ0v) is 7.65. The van der Waals surface area contributed by atoms with E-state index in [2.05, 4.69) is 19.6 Å². The lowest BCUT2D eigenvalue weighted by atomic mass is 10.5. The lowest BCUT2D eigenvalue weighted by molar-refractivity contribution is -0.137. The minimum atomic E-state index is -4.49. The Hall–Kier alpha value is -1.64. The van der Waals surface area contributed by atoms with Crippen LogP contribution in [-0.4, -0.2) is 15.1 Å². The Morgan fingerprint density at radius 3 is 2.67 bits per heavy atom. The fraction of sp³-hybridized carbons (Fsp3) is 0.167. The monoisotopic (exact) mass is 237 g/mol. The van der Waals surface area contributed by atoms with Gasteiger partial charge in [0.05, 0.1) is 4.88 Å². The molecular weight excluding hydrogens is 235 g/mol. The highest BCUT2D eigenvalue weighted by molar-refractivity contribution is 7.15. The maximum absolute atomic E-state index is 12.2. The molecule has 0 aromatic carbocycles. The molecule has 0 spiro atoms. The topological polar surface area (TPSA) is 71.8 Å². The molecule has 15 heavy (non-hydrogen) atoms. The Bertz CT molecular complexity index is 526. The number of hydrogen-bond acceptors (Lipinski definition) is 5. The van der Waals surface area contributed by atoms with Crippen molar-refractivity contribution in [3.05, 3.63) is 21.8 Å². The second kappa shape index (κ2) is 3.19. The van der Waals surface area contributed by atoms with Crippen LogP contribution in [0.25, 0.3) is 10.7 Å². The van der Waals surface area contributed by atoms with Crippen molar-refractivity contribution in [2.24, 2.45) is 0 Å². The van der Waals surface area contributed by atoms with E-state index >= 15 is 0 Å². The molecule has 0 unspecified atom stereocenters. The van der Waals surface area contributed by atoms with Crippen LogP contribution in [0.3, 0.4) is 0 Å². The standard InChI is InChI=1S/C6H2F3N3O2S/c7-6(8,9)4-10-1-2(15-4)3-11-5(13)14-12-3/h1H,(H,11,12,13). The van der Waals surface area contributed by atoms with Gasteiger partial charge in [-0.2, -0.15) is 13.2 Å². The summed E-state index contributed by atoms with van der Waals surface area (Å²) >= 11 is 0.377. The number of rotatable bonds is 1. The molecule has 0 fully saturated rings. The Morgan fingerprint density at radius 2 is 2.20 bits per heavy atom. The quantitative estimate of drug-likeness (QED) is 0.815. The predicted molar refractivity (Wildman–Crippen MR) is 43.2 cm³/mol. The third-order valence-electron chi connectivity index (χ3n) is 1.42. The Labute approximate surface area is 83.6 Å². The van der Waals surface area contributed by atoms with E-state index in [1.54, 1.807) is 0 Å². The lowest BCUT2D eigenvalue weighted by Gasteiger charge is -1.98. The van der Waals surface area contributed by atoms with Crippen LogP contribution in [0, 0.1) is 0 Å². The summed E-state index contributed by atoms with van der Waals surface area (Å²) < 4.78 is 40.6. The highest BCUT2D eigenvalue weighted by Gasteiger charge is 2.35. The van der Waals surface area contributed by atoms with E-state index in [-0.39, 0.29) is 10.7 Å². The minimum absolute atomic E-state index is 0.0620. The van der Waals surface area contributed by atoms with Gasteiger partial charge in [-0.15, -0.1) is 11.3 Å². The van der Waals surface area contributed by atoms with Crippen LogP contribution >= 0.6 is 11.3 Å². The van der Waals surface area contributed by atoms with Gasteiger partial charge in [-0.05, 0) is 0 Å². The fourth-order valence-electron chi connectivity index (χ4n) is 0.851. The number of aromatic amines is 1. The van der Waals surface area contributed by atoms with Crippen molar-refractivity contribution in [3.8, 4) is 10.7 Å². The minimum Gasteiger partial charge on any atom is -0.296 e. The maximum Gasteiger partial charge on any atom is 0.443 e. The van der Waals surface area contributed by atoms with Crippen molar-refractivity contribution in [2.75, 3.05) is 0 Å². The molecule has 2 aromatic rings. The summed E-state index contributed by atoms with van der Waals surface area (Å²) in [5.41, 5.74) is 0. The van der Waals surface area contributed by atoms with E-state index in [4.69, 9.17) is 0 Å². The van der Waals surface area contributed by atoms with Crippen molar-refractivity contribution in [1.29, 1.82) is 0 Å². The molecular formula is C6H2F3N3O2S. The van der Waals surface area contributed by atoms with E-state index in [9.17, 15) is 18.0 Å². The molecule has 2 aromatic heterocycles. The first kappa shape index (κ1) is 9.90. The molecule has 0 saturated carbocycles. The Kier molecular flexibility index (Phi) is 2.11. The summed E-state index contributed by atoms with van der Waals surface area (Å²) in [7, 11) is 0. The number of halogens is 3. The second-order valence-corrected chi connectivity index (χ2v) is 3.50. The summed E-state index contributed by atoms with van der Waals surface area (Å²) in [6.45, 7) is 0. The van der Waals surface area contributed by atoms with E-state index < -0.39 is 16.9 Å². The van der Waals surface area contributed by atoms with Crippen LogP contribution < -0.4 is 5.76 Å². The largest absolute Gasteiger partial charge is 0.443 e. The fourth-order valence-corrected chi connectivity index (χ4v) is 1.57. The van der Waals surface area contributed by atoms with Crippen LogP contribution in [0.15, 0.2) is 15.5 Å². The molecule has 0 atom stereocenters. The zero-order chi connectivity index (χ0) is 11.1. The highest BCUT2D eigenvalue weighted by atomic mass is 32.1. The Balaban J connectivity index is 2.40. The lowest BCUT2D eigenvalue weighted by Crippen LogP contribution is -2.02. The molecule has 0 amide bonds. The number of aromatic nitrogens is 3. The van der Waals surface area contributed by atoms with Gasteiger partial charge in [0.25, 0.3) is 0 Å². The third kappa shape index (κ3) is 1.91. The van der Waals surface area contributed by atoms with Gasteiger partial charge in [0.2, 0.25) is 0 Å². The first-order valence-electron chi connectivity index (χ1n) is 3.56. The van der Waals surface area contributed by atoms with Gasteiger partial charge in [0.1, 0.15) is 0 Å². The van der Waals surface area contributed by atoms with E-state index in [1.807, 2.05) is 0 Å². The van der Waals surface area contributed by atoms with Crippen LogP contribution in [-0.2, 0) is 6.18 Å². The Morgan fingerprint density at radius 1 is 1.47 bits per heavy atom. The summed E-state index contributed by atoms with van der Waals surface area (Å²) in [5.74, 6) is -0.889. The van der Waals surface area contributed by atoms with Gasteiger partial charge >= 0.3 is 11.9 Å². The van der Waals surface area contributed by atoms with Crippen LogP contribution in [0.4, 0.5) is 13.2 Å². The van der Waals surface area contributed by atoms with Gasteiger partial charge in [-0.1, -0.05) is 5.16 Å². The number of H-pyrrole nitrogens is 1. The third-order valence-corrected chi connectivity index (χ3v) is 2.47. The van der Waals surface area contributed by atoms with Crippen LogP contribution in [0.1, 0.15) is 5.01 Å². The molecule has 0 aliphatic heterocycles. The molecule has 1 N–H and O–H groups in total. The van der Waals surface area contributed by atoms with Crippen molar-refractivity contribution in [3.63, 3.8) is 0 Å². The van der Waals surface area contributed by atoms with Gasteiger partial charge in [-0.3, -0.25) is 9.51 Å². The van der Waals surface area contributed by atoms with Crippen LogP contribution in [0.5, 0.6) is 0 Å². The molecule has 0 aliphatic rings. The number of alkyl halides is 3. The molecule has 9 heteroatoms. The van der Waals surface area contributed by atoms with E-state index in [0.717, 1.165) is 6.20 Å². The highest BCUT2D eigenvalue weighted by Crippen LogP contribution is 2.34. The average molecular weight is 237 g/mol. The zero-order valence-electron chi connectivity index (χ0n) is 6.83. The van der Waals surface area contributed by atoms with Crippen molar-refractivity contribution in [2.45, 2.75) is 6.18 Å². The molecule has 0 aliphatic carbocycles. The first-order chi connectivity index (χ1) is 6.97. The summed E-state index contributed by atoms with van der Waals surface area (Å²) in [6.07, 6.45) is -3.52. The SMILES string of the molecule is O=c1[nH]c(-c2cnc(C(F)(F)F)s2)no1. The molecule has 0 radical (unpaired) electrons. The normalized spacial score (nSPS) is 11.9. The molecule has 5 nitrogen and oxygen atoms in total. The molecule has 80 valence electrons. The number of nitrogens with one attached hydrogen (secondary N) is 1. The smallest absolute Gasteiger partial charge is 0.296 e. The molecule has 2 rings (SSSR count). The van der Waals surface area contributed by atoms with Crippen molar-refractivity contribution >= 4 is 11.3 Å². The van der Waals surface area contributed by atoms with Gasteiger partial charge in [0.15, 0.2) is 10.8 Å². The van der Waals surface area contributed by atoms with Crippen molar-refractivity contribution in [1.82, 2.24) is 15.1 Å². The summed E-state index contributed by atoms with van der Waals surface area (Å²) in [6, 6.07) is 0. The summed E-state index contributed by atoms with van der Waals surface area (Å²) in [4.78, 5) is 15.9. The van der Waals surface area contributed by atoms with Crippen molar-refractivity contribution < 1.29 is 17.7 Å². The van der Waals surface area contributed by atoms with Gasteiger partial charge in [-0.25, -0.2) is 9.78 Å². The van der Waals surface area contributed by atoms with Gasteiger partial charge < -0.3 is 0 Å². The number of hydrogen-bond donors (Lipinski definition) is 1.